The molecule has 1 aliphatic carbocycles. The van der Waals surface area contributed by atoms with Gasteiger partial charge in [0.05, 0.1) is 16.6 Å². The average Bonchev–Trinajstić information content (AvgIpc) is 2.48. The fourth-order valence-electron chi connectivity index (χ4n) is 2.82. The van der Waals surface area contributed by atoms with Crippen LogP contribution in [0.4, 0.5) is 0 Å². The highest BCUT2D eigenvalue weighted by molar-refractivity contribution is 6.34. The molecule has 0 radical (unpaired) electrons. The number of Topliss-reactive ketones (excluding diaryl/α,β-unsaturated/α-hetero) is 1. The molecule has 5 heteroatoms. The molecule has 1 amide bonds. The molecule has 0 aromatic heterocycles. The van der Waals surface area contributed by atoms with E-state index >= 15 is 0 Å². The topological polar surface area (TPSA) is 72.2 Å². The molecule has 0 bridgehead atoms. The first kappa shape index (κ1) is 17.0. The maximum Gasteiger partial charge on any atom is 0.253 e. The van der Waals surface area contributed by atoms with Crippen molar-refractivity contribution >= 4 is 23.3 Å². The van der Waals surface area contributed by atoms with E-state index in [2.05, 4.69) is 5.32 Å². The van der Waals surface area contributed by atoms with Gasteiger partial charge in [0, 0.05) is 12.5 Å². The number of carbonyl (C=O) groups excluding carboxylic acids is 2. The quantitative estimate of drug-likeness (QED) is 0.875. The van der Waals surface area contributed by atoms with Crippen molar-refractivity contribution in [2.45, 2.75) is 57.5 Å². The lowest BCUT2D eigenvalue weighted by Crippen LogP contribution is -2.37. The number of nitrogens with one attached hydrogen (secondary N) is 1. The highest BCUT2D eigenvalue weighted by Crippen LogP contribution is 2.23. The Labute approximate surface area is 136 Å². The minimum atomic E-state index is -0.548. The Morgan fingerprint density at radius 2 is 2.00 bits per heavy atom. The van der Waals surface area contributed by atoms with Crippen LogP contribution in [0.25, 0.3) is 0 Å². The van der Waals surface area contributed by atoms with E-state index in [0.29, 0.717) is 16.1 Å². The zero-order chi connectivity index (χ0) is 16.1. The fourth-order valence-corrected chi connectivity index (χ4v) is 3.10. The summed E-state index contributed by atoms with van der Waals surface area (Å²) >= 11 is 6.20. The van der Waals surface area contributed by atoms with Crippen LogP contribution in [0.2, 0.25) is 5.02 Å². The van der Waals surface area contributed by atoms with Gasteiger partial charge in [0.25, 0.3) is 5.91 Å². The van der Waals surface area contributed by atoms with Crippen LogP contribution in [0.1, 0.15) is 54.9 Å². The van der Waals surface area contributed by atoms with Gasteiger partial charge in [0.15, 0.2) is 5.78 Å². The molecule has 1 fully saturated rings. The monoisotopic (exact) mass is 322 g/mol. The van der Waals surface area contributed by atoms with Crippen LogP contribution in [-0.2, 0) is 11.2 Å². The summed E-state index contributed by atoms with van der Waals surface area (Å²) in [4.78, 5) is 24.5. The van der Waals surface area contributed by atoms with Gasteiger partial charge in [0.2, 0.25) is 0 Å². The van der Waals surface area contributed by atoms with Gasteiger partial charge in [-0.15, -0.1) is 0 Å². The minimum absolute atomic E-state index is 0.103. The molecule has 1 aliphatic rings. The van der Waals surface area contributed by atoms with Crippen LogP contribution in [0.5, 0.6) is 0 Å². The summed E-state index contributed by atoms with van der Waals surface area (Å²) in [6, 6.07) is 4.85. The van der Waals surface area contributed by atoms with Crippen molar-refractivity contribution in [2.75, 3.05) is 0 Å². The van der Waals surface area contributed by atoms with Crippen LogP contribution in [0.3, 0.4) is 0 Å². The number of amides is 1. The lowest BCUT2D eigenvalue weighted by molar-refractivity contribution is -0.119. The molecule has 4 nitrogen and oxygen atoms in total. The van der Waals surface area contributed by atoms with Crippen LogP contribution in [0, 0.1) is 0 Å². The van der Waals surface area contributed by atoms with E-state index in [9.17, 15) is 9.59 Å². The molecular weight excluding hydrogens is 300 g/mol. The van der Waals surface area contributed by atoms with Gasteiger partial charge in [-0.3, -0.25) is 9.59 Å². The van der Waals surface area contributed by atoms with E-state index in [1.807, 2.05) is 0 Å². The summed E-state index contributed by atoms with van der Waals surface area (Å²) < 4.78 is 0. The number of nitrogens with two attached hydrogens (primary N) is 1. The minimum Gasteiger partial charge on any atom is -0.349 e. The Morgan fingerprint density at radius 1 is 1.32 bits per heavy atom. The predicted molar refractivity (Wildman–Crippen MR) is 88.2 cm³/mol. The number of rotatable bonds is 5. The number of halogens is 1. The average molecular weight is 323 g/mol. The summed E-state index contributed by atoms with van der Waals surface area (Å²) in [6.45, 7) is 1.65. The SMILES string of the molecule is C[C@H](N)C(=O)Cc1cccc(Cl)c1C(=O)NC1CCCCC1. The molecule has 1 aromatic carbocycles. The van der Waals surface area contributed by atoms with E-state index < -0.39 is 6.04 Å². The Kier molecular flexibility index (Phi) is 5.98. The second-order valence-corrected chi connectivity index (χ2v) is 6.42. The molecule has 1 atom stereocenters. The van der Waals surface area contributed by atoms with Crippen LogP contribution in [-0.4, -0.2) is 23.8 Å². The van der Waals surface area contributed by atoms with E-state index in [-0.39, 0.29) is 24.2 Å². The summed E-state index contributed by atoms with van der Waals surface area (Å²) in [5.74, 6) is -0.293. The maximum absolute atomic E-state index is 12.6. The molecule has 2 rings (SSSR count). The fraction of sp³-hybridized carbons (Fsp3) is 0.529. The first-order valence-corrected chi connectivity index (χ1v) is 8.23. The number of hydrogen-bond acceptors (Lipinski definition) is 3. The Morgan fingerprint density at radius 3 is 2.64 bits per heavy atom. The van der Waals surface area contributed by atoms with Crippen LogP contribution >= 0.6 is 11.6 Å². The zero-order valence-corrected chi connectivity index (χ0v) is 13.7. The first-order valence-electron chi connectivity index (χ1n) is 7.85. The van der Waals surface area contributed by atoms with Gasteiger partial charge in [-0.1, -0.05) is 43.0 Å². The lowest BCUT2D eigenvalue weighted by Gasteiger charge is -2.23. The molecule has 0 heterocycles. The van der Waals surface area contributed by atoms with Gasteiger partial charge >= 0.3 is 0 Å². The van der Waals surface area contributed by atoms with Crippen molar-refractivity contribution < 1.29 is 9.59 Å². The van der Waals surface area contributed by atoms with Crippen molar-refractivity contribution in [1.82, 2.24) is 5.32 Å². The summed E-state index contributed by atoms with van der Waals surface area (Å²) in [6.07, 6.45) is 5.65. The molecule has 120 valence electrons. The van der Waals surface area contributed by atoms with Crippen molar-refractivity contribution in [1.29, 1.82) is 0 Å². The van der Waals surface area contributed by atoms with Gasteiger partial charge in [-0.05, 0) is 31.4 Å². The number of carbonyl (C=O) groups is 2. The normalized spacial score (nSPS) is 17.0. The highest BCUT2D eigenvalue weighted by atomic mass is 35.5. The van der Waals surface area contributed by atoms with Crippen molar-refractivity contribution in [2.24, 2.45) is 5.73 Å². The summed E-state index contributed by atoms with van der Waals surface area (Å²) in [5, 5.41) is 3.43. The molecule has 0 saturated heterocycles. The molecule has 1 saturated carbocycles. The third-order valence-electron chi connectivity index (χ3n) is 4.14. The van der Waals surface area contributed by atoms with E-state index in [1.165, 1.54) is 6.42 Å². The second-order valence-electron chi connectivity index (χ2n) is 6.01. The van der Waals surface area contributed by atoms with Crippen LogP contribution < -0.4 is 11.1 Å². The number of hydrogen-bond donors (Lipinski definition) is 2. The van der Waals surface area contributed by atoms with E-state index in [0.717, 1.165) is 25.7 Å². The molecule has 3 N–H and O–H groups in total. The largest absolute Gasteiger partial charge is 0.349 e. The third kappa shape index (κ3) is 4.31. The van der Waals surface area contributed by atoms with Crippen molar-refractivity contribution in [3.63, 3.8) is 0 Å². The highest BCUT2D eigenvalue weighted by Gasteiger charge is 2.22. The zero-order valence-electron chi connectivity index (χ0n) is 12.9. The molecule has 1 aromatic rings. The van der Waals surface area contributed by atoms with Gasteiger partial charge in [0.1, 0.15) is 0 Å². The maximum atomic E-state index is 12.6. The van der Waals surface area contributed by atoms with E-state index in [4.69, 9.17) is 17.3 Å². The van der Waals surface area contributed by atoms with Gasteiger partial charge in [-0.2, -0.15) is 0 Å². The standard InChI is InChI=1S/C17H23ClN2O2/c1-11(19)15(21)10-12-6-5-9-14(18)16(12)17(22)20-13-7-3-2-4-8-13/h5-6,9,11,13H,2-4,7-8,10,19H2,1H3,(H,20,22)/t11-/m0/s1. The molecule has 0 unspecified atom stereocenters. The smallest absolute Gasteiger partial charge is 0.253 e. The Bertz CT molecular complexity index is 552. The molecule has 22 heavy (non-hydrogen) atoms. The molecule has 0 spiro atoms. The van der Waals surface area contributed by atoms with Crippen molar-refractivity contribution in [3.8, 4) is 0 Å². The van der Waals surface area contributed by atoms with Gasteiger partial charge in [-0.25, -0.2) is 0 Å². The molecule has 0 aliphatic heterocycles. The lowest BCUT2D eigenvalue weighted by atomic mass is 9.94. The second kappa shape index (κ2) is 7.75. The van der Waals surface area contributed by atoms with Gasteiger partial charge < -0.3 is 11.1 Å². The number of ketones is 1. The molecular formula is C17H23ClN2O2. The van der Waals surface area contributed by atoms with Crippen LogP contribution in [0.15, 0.2) is 18.2 Å². The third-order valence-corrected chi connectivity index (χ3v) is 4.45. The Hall–Kier alpha value is -1.39. The predicted octanol–water partition coefficient (Wildman–Crippen LogP) is 2.86. The Balaban J connectivity index is 2.17. The first-order chi connectivity index (χ1) is 10.5. The van der Waals surface area contributed by atoms with E-state index in [1.54, 1.807) is 25.1 Å². The number of benzene rings is 1. The summed E-state index contributed by atoms with van der Waals surface area (Å²) in [5.41, 5.74) is 6.66. The van der Waals surface area contributed by atoms with Crippen molar-refractivity contribution in [3.05, 3.63) is 34.3 Å². The summed E-state index contributed by atoms with van der Waals surface area (Å²) in [7, 11) is 0.